The Labute approximate surface area is 183 Å². The van der Waals surface area contributed by atoms with E-state index in [4.69, 9.17) is 0 Å². The SMILES string of the molecule is Cc1cc(C(=O)N2CCCCc3ccccc32)ccc1CNC(=O)NCC(=O)N(C)C. The fourth-order valence-electron chi connectivity index (χ4n) is 3.64. The molecule has 1 aliphatic rings. The van der Waals surface area contributed by atoms with E-state index in [0.717, 1.165) is 36.1 Å². The molecule has 7 heteroatoms. The van der Waals surface area contributed by atoms with Crippen LogP contribution in [0.3, 0.4) is 0 Å². The number of benzene rings is 2. The largest absolute Gasteiger partial charge is 0.347 e. The molecule has 1 heterocycles. The molecule has 0 unspecified atom stereocenters. The lowest BCUT2D eigenvalue weighted by Crippen LogP contribution is -2.41. The van der Waals surface area contributed by atoms with Gasteiger partial charge in [0.25, 0.3) is 5.91 Å². The molecule has 2 aromatic rings. The molecule has 0 radical (unpaired) electrons. The minimum absolute atomic E-state index is 0.00287. The molecule has 0 saturated carbocycles. The van der Waals surface area contributed by atoms with Crippen molar-refractivity contribution >= 4 is 23.5 Å². The summed E-state index contributed by atoms with van der Waals surface area (Å²) in [6, 6.07) is 13.3. The lowest BCUT2D eigenvalue weighted by atomic mass is 10.0. The molecule has 0 bridgehead atoms. The van der Waals surface area contributed by atoms with Gasteiger partial charge in [-0.15, -0.1) is 0 Å². The number of hydrogen-bond donors (Lipinski definition) is 2. The van der Waals surface area contributed by atoms with Gasteiger partial charge in [-0.05, 0) is 61.1 Å². The summed E-state index contributed by atoms with van der Waals surface area (Å²) in [5.74, 6) is -0.179. The van der Waals surface area contributed by atoms with E-state index in [0.29, 0.717) is 18.7 Å². The smallest absolute Gasteiger partial charge is 0.315 e. The second kappa shape index (κ2) is 10.1. The summed E-state index contributed by atoms with van der Waals surface area (Å²) in [6.45, 7) is 2.90. The molecule has 164 valence electrons. The van der Waals surface area contributed by atoms with Crippen molar-refractivity contribution in [3.05, 3.63) is 64.7 Å². The molecule has 0 aliphatic carbocycles. The van der Waals surface area contributed by atoms with Crippen LogP contribution >= 0.6 is 0 Å². The predicted molar refractivity (Wildman–Crippen MR) is 121 cm³/mol. The van der Waals surface area contributed by atoms with Crippen LogP contribution in [0, 0.1) is 6.92 Å². The quantitative estimate of drug-likeness (QED) is 0.777. The van der Waals surface area contributed by atoms with Crippen molar-refractivity contribution in [1.82, 2.24) is 15.5 Å². The van der Waals surface area contributed by atoms with Crippen LogP contribution in [0.4, 0.5) is 10.5 Å². The maximum absolute atomic E-state index is 13.3. The molecule has 0 fully saturated rings. The Kier molecular flexibility index (Phi) is 7.28. The third kappa shape index (κ3) is 5.63. The van der Waals surface area contributed by atoms with E-state index in [1.54, 1.807) is 14.1 Å². The number of hydrogen-bond acceptors (Lipinski definition) is 3. The topological polar surface area (TPSA) is 81.8 Å². The average molecular weight is 423 g/mol. The van der Waals surface area contributed by atoms with Gasteiger partial charge in [0.1, 0.15) is 0 Å². The Morgan fingerprint density at radius 1 is 1.03 bits per heavy atom. The number of amides is 4. The summed E-state index contributed by atoms with van der Waals surface area (Å²) in [7, 11) is 3.27. The first-order chi connectivity index (χ1) is 14.9. The first-order valence-corrected chi connectivity index (χ1v) is 10.6. The number of urea groups is 1. The van der Waals surface area contributed by atoms with Crippen molar-refractivity contribution < 1.29 is 14.4 Å². The summed E-state index contributed by atoms with van der Waals surface area (Å²) >= 11 is 0. The zero-order valence-corrected chi connectivity index (χ0v) is 18.4. The van der Waals surface area contributed by atoms with Crippen LogP contribution in [0.1, 0.15) is 39.9 Å². The van der Waals surface area contributed by atoms with Crippen LogP contribution in [-0.2, 0) is 17.8 Å². The summed E-state index contributed by atoms with van der Waals surface area (Å²) in [6.07, 6.45) is 3.05. The van der Waals surface area contributed by atoms with Crippen LogP contribution in [0.15, 0.2) is 42.5 Å². The van der Waals surface area contributed by atoms with E-state index in [1.165, 1.54) is 10.5 Å². The number of nitrogens with one attached hydrogen (secondary N) is 2. The van der Waals surface area contributed by atoms with Gasteiger partial charge < -0.3 is 20.4 Å². The maximum atomic E-state index is 13.3. The van der Waals surface area contributed by atoms with E-state index >= 15 is 0 Å². The zero-order valence-electron chi connectivity index (χ0n) is 18.4. The molecule has 7 nitrogen and oxygen atoms in total. The standard InChI is InChI=1S/C24H30N4O3/c1-17-14-19(11-12-20(17)15-25-24(31)26-16-22(29)27(2)3)23(30)28-13-7-6-9-18-8-4-5-10-21(18)28/h4-5,8,10-12,14H,6-7,9,13,15-16H2,1-3H3,(H2,25,26,31). The summed E-state index contributed by atoms with van der Waals surface area (Å²) in [5.41, 5.74) is 4.70. The van der Waals surface area contributed by atoms with E-state index in [9.17, 15) is 14.4 Å². The van der Waals surface area contributed by atoms with Gasteiger partial charge in [-0.25, -0.2) is 4.79 Å². The van der Waals surface area contributed by atoms with Gasteiger partial charge in [0.05, 0.1) is 6.54 Å². The maximum Gasteiger partial charge on any atom is 0.315 e. The second-order valence-corrected chi connectivity index (χ2v) is 8.01. The van der Waals surface area contributed by atoms with E-state index < -0.39 is 6.03 Å². The molecule has 0 atom stereocenters. The highest BCUT2D eigenvalue weighted by atomic mass is 16.2. The third-order valence-electron chi connectivity index (χ3n) is 5.53. The fourth-order valence-corrected chi connectivity index (χ4v) is 3.64. The van der Waals surface area contributed by atoms with Crippen molar-refractivity contribution in [1.29, 1.82) is 0 Å². The van der Waals surface area contributed by atoms with Gasteiger partial charge in [0.15, 0.2) is 0 Å². The molecule has 2 N–H and O–H groups in total. The number of fused-ring (bicyclic) bond motifs is 1. The minimum atomic E-state index is -0.407. The van der Waals surface area contributed by atoms with Gasteiger partial charge in [-0.2, -0.15) is 0 Å². The van der Waals surface area contributed by atoms with Crippen LogP contribution in [-0.4, -0.2) is 49.9 Å². The van der Waals surface area contributed by atoms with Crippen molar-refractivity contribution in [2.45, 2.75) is 32.7 Å². The first kappa shape index (κ1) is 22.3. The van der Waals surface area contributed by atoms with E-state index in [-0.39, 0.29) is 18.4 Å². The summed E-state index contributed by atoms with van der Waals surface area (Å²) in [4.78, 5) is 40.0. The number of carbonyl (C=O) groups excluding carboxylic acids is 3. The highest BCUT2D eigenvalue weighted by molar-refractivity contribution is 6.06. The fraction of sp³-hybridized carbons (Fsp3) is 0.375. The summed E-state index contributed by atoms with van der Waals surface area (Å²) in [5, 5.41) is 5.29. The van der Waals surface area contributed by atoms with Crippen LogP contribution in [0.25, 0.3) is 0 Å². The van der Waals surface area contributed by atoms with Crippen LogP contribution < -0.4 is 15.5 Å². The Morgan fingerprint density at radius 2 is 1.81 bits per heavy atom. The molecular weight excluding hydrogens is 392 g/mol. The summed E-state index contributed by atoms with van der Waals surface area (Å²) < 4.78 is 0. The molecule has 0 aromatic heterocycles. The molecule has 1 aliphatic heterocycles. The molecule has 4 amide bonds. The van der Waals surface area contributed by atoms with Gasteiger partial charge >= 0.3 is 6.03 Å². The van der Waals surface area contributed by atoms with Gasteiger partial charge in [-0.3, -0.25) is 9.59 Å². The number of likely N-dealkylation sites (N-methyl/N-ethyl adjacent to an activating group) is 1. The minimum Gasteiger partial charge on any atom is -0.347 e. The molecule has 2 aromatic carbocycles. The van der Waals surface area contributed by atoms with Crippen molar-refractivity contribution in [2.75, 3.05) is 32.1 Å². The highest BCUT2D eigenvalue weighted by Crippen LogP contribution is 2.27. The number of aryl methyl sites for hydroxylation is 2. The Hall–Kier alpha value is -3.35. The molecular formula is C24H30N4O3. The second-order valence-electron chi connectivity index (χ2n) is 8.01. The Morgan fingerprint density at radius 3 is 2.55 bits per heavy atom. The van der Waals surface area contributed by atoms with E-state index in [2.05, 4.69) is 16.7 Å². The average Bonchev–Trinajstić information content (AvgIpc) is 2.98. The Balaban J connectivity index is 1.65. The zero-order chi connectivity index (χ0) is 22.4. The number of nitrogens with zero attached hydrogens (tertiary/aromatic N) is 2. The Bertz CT molecular complexity index is 971. The third-order valence-corrected chi connectivity index (χ3v) is 5.53. The van der Waals surface area contributed by atoms with Crippen molar-refractivity contribution in [3.8, 4) is 0 Å². The van der Waals surface area contributed by atoms with Crippen LogP contribution in [0.5, 0.6) is 0 Å². The van der Waals surface area contributed by atoms with Gasteiger partial charge in [0, 0.05) is 38.4 Å². The normalized spacial score (nSPS) is 13.1. The van der Waals surface area contributed by atoms with Gasteiger partial charge in [0.2, 0.25) is 5.91 Å². The van der Waals surface area contributed by atoms with Crippen molar-refractivity contribution in [2.24, 2.45) is 0 Å². The number of rotatable bonds is 5. The monoisotopic (exact) mass is 422 g/mol. The lowest BCUT2D eigenvalue weighted by molar-refractivity contribution is -0.127. The first-order valence-electron chi connectivity index (χ1n) is 10.6. The molecule has 0 saturated heterocycles. The molecule has 31 heavy (non-hydrogen) atoms. The highest BCUT2D eigenvalue weighted by Gasteiger charge is 2.22. The number of anilines is 1. The molecule has 3 rings (SSSR count). The van der Waals surface area contributed by atoms with Gasteiger partial charge in [-0.1, -0.05) is 24.3 Å². The van der Waals surface area contributed by atoms with Crippen molar-refractivity contribution in [3.63, 3.8) is 0 Å². The van der Waals surface area contributed by atoms with Crippen LogP contribution in [0.2, 0.25) is 0 Å². The number of para-hydroxylation sites is 1. The lowest BCUT2D eigenvalue weighted by Gasteiger charge is -2.23. The predicted octanol–water partition coefficient (Wildman–Crippen LogP) is 2.87. The van der Waals surface area contributed by atoms with E-state index in [1.807, 2.05) is 48.2 Å². The molecule has 0 spiro atoms. The number of carbonyl (C=O) groups is 3.